The second kappa shape index (κ2) is 8.36. The van der Waals surface area contributed by atoms with Crippen molar-refractivity contribution < 1.29 is 65.9 Å². The van der Waals surface area contributed by atoms with Crippen LogP contribution in [0.2, 0.25) is 0 Å². The van der Waals surface area contributed by atoms with Crippen LogP contribution in [0.4, 0.5) is 0 Å². The van der Waals surface area contributed by atoms with Crippen LogP contribution in [0, 0.1) is 32.8 Å². The van der Waals surface area contributed by atoms with Crippen LogP contribution in [-0.2, 0) is 9.59 Å². The van der Waals surface area contributed by atoms with E-state index in [0.717, 1.165) is 0 Å². The molecular weight excluding hydrogens is 335 g/mol. The number of hydrogen-bond acceptors (Lipinski definition) is 5. The van der Waals surface area contributed by atoms with Gasteiger partial charge in [-0.1, -0.05) is 31.5 Å². The van der Waals surface area contributed by atoms with E-state index in [4.69, 9.17) is 5.26 Å². The van der Waals surface area contributed by atoms with Crippen LogP contribution in [-0.4, -0.2) is 23.0 Å². The third-order valence-electron chi connectivity index (χ3n) is 4.00. The summed E-state index contributed by atoms with van der Waals surface area (Å²) in [6, 6.07) is 8.17. The average Bonchev–Trinajstić information content (AvgIpc) is 2.44. The largest absolute Gasteiger partial charge is 1.00 e. The molecule has 1 saturated carbocycles. The van der Waals surface area contributed by atoms with Crippen LogP contribution in [0.5, 0.6) is 0 Å². The fourth-order valence-electron chi connectivity index (χ4n) is 2.97. The Morgan fingerprint density at radius 3 is 2.17 bits per heavy atom. The topological polar surface area (TPSA) is 101 Å². The van der Waals surface area contributed by atoms with Gasteiger partial charge in [0.1, 0.15) is 0 Å². The number of hydrogen-bond donors (Lipinski definition) is 0. The Labute approximate surface area is 183 Å². The minimum absolute atomic E-state index is 0. The first-order valence-electron chi connectivity index (χ1n) is 7.28. The van der Waals surface area contributed by atoms with Crippen LogP contribution in [0.3, 0.4) is 0 Å². The molecule has 1 aromatic rings. The van der Waals surface area contributed by atoms with E-state index < -0.39 is 22.8 Å². The van der Waals surface area contributed by atoms with E-state index in [-0.39, 0.29) is 81.7 Å². The SMILES string of the molecule is CC1(C)CC(=O)[C-](C(C[N+](=O)[O-])c2ccc(C#N)cc2)C(=O)C1.[K+]. The number of carbonyl (C=O) groups excluding carboxylic acids is 2. The molecule has 24 heavy (non-hydrogen) atoms. The summed E-state index contributed by atoms with van der Waals surface area (Å²) in [7, 11) is 0. The van der Waals surface area contributed by atoms with Gasteiger partial charge in [-0.25, -0.2) is 5.92 Å². The molecule has 0 saturated heterocycles. The molecule has 120 valence electrons. The van der Waals surface area contributed by atoms with Gasteiger partial charge in [-0.2, -0.15) is 5.26 Å². The number of ketones is 2. The van der Waals surface area contributed by atoms with Crippen LogP contribution in [0.15, 0.2) is 24.3 Å². The van der Waals surface area contributed by atoms with E-state index in [0.29, 0.717) is 11.1 Å². The predicted octanol–water partition coefficient (Wildman–Crippen LogP) is -0.545. The molecule has 2 rings (SSSR count). The molecule has 0 aromatic heterocycles. The molecule has 0 bridgehead atoms. The Morgan fingerprint density at radius 2 is 1.75 bits per heavy atom. The zero-order valence-electron chi connectivity index (χ0n) is 14.0. The molecule has 0 radical (unpaired) electrons. The van der Waals surface area contributed by atoms with Crippen LogP contribution >= 0.6 is 0 Å². The Bertz CT molecular complexity index is 672. The Balaban J connectivity index is 0.00000288. The Morgan fingerprint density at radius 1 is 1.25 bits per heavy atom. The van der Waals surface area contributed by atoms with Crippen molar-refractivity contribution in [1.29, 1.82) is 5.26 Å². The average molecular weight is 352 g/mol. The van der Waals surface area contributed by atoms with Crippen molar-refractivity contribution in [1.82, 2.24) is 0 Å². The molecule has 1 aliphatic rings. The van der Waals surface area contributed by atoms with E-state index in [1.165, 1.54) is 12.1 Å². The van der Waals surface area contributed by atoms with Gasteiger partial charge in [0.2, 0.25) is 0 Å². The maximum Gasteiger partial charge on any atom is 1.00 e. The minimum atomic E-state index is -0.867. The van der Waals surface area contributed by atoms with Crippen LogP contribution < -0.4 is 51.4 Å². The molecule has 0 N–H and O–H groups in total. The first kappa shape index (κ1) is 21.0. The van der Waals surface area contributed by atoms with Gasteiger partial charge in [0, 0.05) is 16.5 Å². The van der Waals surface area contributed by atoms with Gasteiger partial charge in [0.15, 0.2) is 6.54 Å². The molecule has 0 heterocycles. The van der Waals surface area contributed by atoms with Gasteiger partial charge in [0.25, 0.3) is 0 Å². The summed E-state index contributed by atoms with van der Waals surface area (Å²) in [4.78, 5) is 35.3. The smallest absolute Gasteiger partial charge is 0.334 e. The number of nitriles is 1. The number of Topliss-reactive ketones (excluding diaryl/α,β-unsaturated/α-hetero) is 2. The number of benzene rings is 1. The molecule has 0 aliphatic heterocycles. The number of nitrogens with zero attached hydrogens (tertiary/aromatic N) is 2. The molecule has 1 fully saturated rings. The Hall–Kier alpha value is -1.04. The van der Waals surface area contributed by atoms with Crippen LogP contribution in [0.25, 0.3) is 0 Å². The molecule has 7 heteroatoms. The van der Waals surface area contributed by atoms with Gasteiger partial charge >= 0.3 is 51.4 Å². The van der Waals surface area contributed by atoms with Crippen molar-refractivity contribution in [3.63, 3.8) is 0 Å². The monoisotopic (exact) mass is 352 g/mol. The summed E-state index contributed by atoms with van der Waals surface area (Å²) in [5, 5.41) is 19.8. The first-order valence-corrected chi connectivity index (χ1v) is 7.28. The van der Waals surface area contributed by atoms with Crippen molar-refractivity contribution in [2.24, 2.45) is 5.41 Å². The van der Waals surface area contributed by atoms with E-state index in [1.807, 2.05) is 19.9 Å². The minimum Gasteiger partial charge on any atom is -0.334 e. The van der Waals surface area contributed by atoms with Crippen molar-refractivity contribution in [3.05, 3.63) is 51.4 Å². The molecule has 1 atom stereocenters. The predicted molar refractivity (Wildman–Crippen MR) is 82.0 cm³/mol. The Kier molecular flexibility index (Phi) is 7.32. The molecule has 1 aliphatic carbocycles. The van der Waals surface area contributed by atoms with Gasteiger partial charge in [-0.05, 0) is 36.3 Å². The van der Waals surface area contributed by atoms with Gasteiger partial charge in [-0.15, -0.1) is 0 Å². The second-order valence-electron chi connectivity index (χ2n) is 6.58. The maximum absolute atomic E-state index is 12.4. The van der Waals surface area contributed by atoms with E-state index in [2.05, 4.69) is 0 Å². The van der Waals surface area contributed by atoms with Gasteiger partial charge in [0.05, 0.1) is 11.6 Å². The molecule has 1 aromatic carbocycles. The fourth-order valence-corrected chi connectivity index (χ4v) is 2.97. The summed E-state index contributed by atoms with van der Waals surface area (Å²) < 4.78 is 0. The number of carbonyl (C=O) groups is 2. The standard InChI is InChI=1S/C17H17N2O4.K/c1-17(2)7-14(20)16(15(21)8-17)13(10-19(22)23)12-5-3-11(9-18)4-6-12;/h3-6,13H,7-8,10H2,1-2H3;/q-1;+1. The summed E-state index contributed by atoms with van der Waals surface area (Å²) in [5.74, 6) is -1.48. The fraction of sp³-hybridized carbons (Fsp3) is 0.412. The van der Waals surface area contributed by atoms with E-state index in [9.17, 15) is 19.7 Å². The van der Waals surface area contributed by atoms with Gasteiger partial charge < -0.3 is 9.59 Å². The van der Waals surface area contributed by atoms with Crippen molar-refractivity contribution >= 4 is 11.6 Å². The van der Waals surface area contributed by atoms with Crippen molar-refractivity contribution in [2.75, 3.05) is 6.54 Å². The van der Waals surface area contributed by atoms with Crippen LogP contribution in [0.1, 0.15) is 43.7 Å². The number of rotatable bonds is 4. The quantitative estimate of drug-likeness (QED) is 0.313. The third-order valence-corrected chi connectivity index (χ3v) is 4.00. The van der Waals surface area contributed by atoms with E-state index in [1.54, 1.807) is 12.1 Å². The first-order chi connectivity index (χ1) is 10.7. The number of nitro groups is 1. The van der Waals surface area contributed by atoms with E-state index >= 15 is 0 Å². The second-order valence-corrected chi connectivity index (χ2v) is 6.58. The summed E-state index contributed by atoms with van der Waals surface area (Å²) in [6.07, 6.45) is 0.414. The molecule has 0 amide bonds. The zero-order chi connectivity index (χ0) is 17.2. The molecule has 0 spiro atoms. The van der Waals surface area contributed by atoms with Crippen molar-refractivity contribution in [2.45, 2.75) is 32.6 Å². The molecular formula is C17H17KN2O4. The maximum atomic E-state index is 12.4. The molecule has 6 nitrogen and oxygen atoms in total. The molecule has 1 unspecified atom stereocenters. The van der Waals surface area contributed by atoms with Crippen molar-refractivity contribution in [3.8, 4) is 6.07 Å². The summed E-state index contributed by atoms with van der Waals surface area (Å²) >= 11 is 0. The summed E-state index contributed by atoms with van der Waals surface area (Å²) in [6.45, 7) is 3.16. The van der Waals surface area contributed by atoms with Gasteiger partial charge in [-0.3, -0.25) is 10.1 Å². The summed E-state index contributed by atoms with van der Waals surface area (Å²) in [5.41, 5.74) is 0.514. The normalized spacial score (nSPS) is 17.6. The third kappa shape index (κ3) is 4.98. The zero-order valence-corrected chi connectivity index (χ0v) is 17.2.